The molecule has 0 aliphatic rings. The lowest BCUT2D eigenvalue weighted by Gasteiger charge is -2.11. The molecule has 26 heteroatoms. The van der Waals surface area contributed by atoms with Gasteiger partial charge in [0.1, 0.15) is 15.5 Å². The molecule has 0 saturated heterocycles. The van der Waals surface area contributed by atoms with Crippen LogP contribution in [0, 0.1) is 0 Å². The fourth-order valence-corrected chi connectivity index (χ4v) is 9.22. The van der Waals surface area contributed by atoms with Crippen LogP contribution < -0.4 is 11.1 Å². The number of rotatable bonds is 12. The van der Waals surface area contributed by atoms with Gasteiger partial charge in [-0.3, -0.25) is 23.0 Å². The SMILES string of the molecule is Nc1ccc(N=Nc2ccc(N=Nc3ccc(N=Nc4c(S(=O)(=O)O)cc5cc(NC(=O)c6ccccc6)ccc5c4O)c4ccc(S(=O)(=O)O)cc34)c3ccc(S(=O)(=O)O)cc23)cc1S(=O)(=O)O. The Morgan fingerprint density at radius 1 is 0.464 bits per heavy atom. The average Bonchev–Trinajstić information content (AvgIpc) is 3.29. The van der Waals surface area contributed by atoms with Gasteiger partial charge in [0.05, 0.1) is 43.9 Å². The van der Waals surface area contributed by atoms with Crippen LogP contribution in [-0.4, -0.2) is 62.9 Å². The van der Waals surface area contributed by atoms with E-state index >= 15 is 0 Å². The number of nitrogens with zero attached hydrogens (tertiary/aromatic N) is 6. The summed E-state index contributed by atoms with van der Waals surface area (Å²) in [6.07, 6.45) is 0. The second-order valence-electron chi connectivity index (χ2n) is 14.7. The number of fused-ring (bicyclic) bond motifs is 3. The molecule has 8 rings (SSSR count). The second-order valence-corrected chi connectivity index (χ2v) is 20.3. The van der Waals surface area contributed by atoms with E-state index in [1.165, 1.54) is 60.7 Å². The van der Waals surface area contributed by atoms with Gasteiger partial charge >= 0.3 is 0 Å². The molecule has 0 aromatic heterocycles. The average molecular weight is 1010 g/mol. The minimum atomic E-state index is -5.10. The zero-order chi connectivity index (χ0) is 49.6. The zero-order valence-corrected chi connectivity index (χ0v) is 37.8. The smallest absolute Gasteiger partial charge is 0.296 e. The number of phenols is 1. The van der Waals surface area contributed by atoms with Gasteiger partial charge in [-0.25, -0.2) is 0 Å². The standard InChI is InChI=1S/C43H30N8O14S4/c44-34-13-7-26(20-39(34)68(60,61)62)46-47-37-16-14-35(30-11-8-27(21-32(30)37)66(54,55)56)48-49-38-17-15-36(31-12-9-28(22-33(31)38)67(57,58)59)50-51-41-40(69(63,64)65)19-24-18-25(6-10-29(24)42(41)52)45-43(53)23-4-2-1-3-5-23/h1-22,52H,44H2,(H,45,53)(H,54,55,56)(H,57,58,59)(H,60,61,62)(H,63,64,65). The van der Waals surface area contributed by atoms with Crippen molar-refractivity contribution in [2.75, 3.05) is 11.1 Å². The highest BCUT2D eigenvalue weighted by atomic mass is 32.2. The number of carbonyl (C=O) groups excluding carboxylic acids is 1. The summed E-state index contributed by atoms with van der Waals surface area (Å²) in [5.74, 6) is -1.19. The number of nitrogens with one attached hydrogen (secondary N) is 1. The minimum Gasteiger partial charge on any atom is -0.505 e. The van der Waals surface area contributed by atoms with Gasteiger partial charge in [-0.05, 0) is 109 Å². The number of nitrogen functional groups attached to an aromatic ring is 1. The number of carbonyl (C=O) groups is 1. The van der Waals surface area contributed by atoms with E-state index in [-0.39, 0.29) is 72.1 Å². The highest BCUT2D eigenvalue weighted by molar-refractivity contribution is 7.86. The van der Waals surface area contributed by atoms with Crippen molar-refractivity contribution in [1.29, 1.82) is 0 Å². The van der Waals surface area contributed by atoms with Crippen LogP contribution in [0.15, 0.2) is 184 Å². The van der Waals surface area contributed by atoms with Crippen molar-refractivity contribution in [3.05, 3.63) is 139 Å². The van der Waals surface area contributed by atoms with Crippen LogP contribution in [0.1, 0.15) is 10.4 Å². The van der Waals surface area contributed by atoms with Gasteiger partial charge < -0.3 is 16.2 Å². The lowest BCUT2D eigenvalue weighted by atomic mass is 10.1. The molecule has 0 spiro atoms. The molecule has 0 atom stereocenters. The van der Waals surface area contributed by atoms with Crippen LogP contribution in [-0.2, 0) is 40.5 Å². The van der Waals surface area contributed by atoms with Gasteiger partial charge in [0, 0.05) is 38.2 Å². The second kappa shape index (κ2) is 17.9. The van der Waals surface area contributed by atoms with Gasteiger partial charge in [-0.2, -0.15) is 38.8 Å². The summed E-state index contributed by atoms with van der Waals surface area (Å²) in [7, 11) is -19.4. The number of aromatic hydroxyl groups is 1. The Bertz CT molecular complexity index is 4040. The van der Waals surface area contributed by atoms with Gasteiger partial charge in [-0.1, -0.05) is 30.3 Å². The molecule has 1 amide bonds. The van der Waals surface area contributed by atoms with E-state index in [0.717, 1.165) is 42.5 Å². The summed E-state index contributed by atoms with van der Waals surface area (Å²) < 4.78 is 137. The fourth-order valence-electron chi connectivity index (χ4n) is 6.91. The lowest BCUT2D eigenvalue weighted by Crippen LogP contribution is -2.11. The molecule has 69 heavy (non-hydrogen) atoms. The van der Waals surface area contributed by atoms with Crippen LogP contribution in [0.3, 0.4) is 0 Å². The normalized spacial score (nSPS) is 12.8. The number of amides is 1. The molecule has 8 N–H and O–H groups in total. The van der Waals surface area contributed by atoms with Crippen molar-refractivity contribution in [3.63, 3.8) is 0 Å². The highest BCUT2D eigenvalue weighted by Gasteiger charge is 2.23. The van der Waals surface area contributed by atoms with Crippen molar-refractivity contribution >= 4 is 124 Å². The third kappa shape index (κ3) is 10.2. The molecule has 0 bridgehead atoms. The lowest BCUT2D eigenvalue weighted by molar-refractivity contribution is 0.102. The third-order valence-electron chi connectivity index (χ3n) is 10.2. The Morgan fingerprint density at radius 3 is 1.48 bits per heavy atom. The molecule has 8 aromatic rings. The monoisotopic (exact) mass is 1010 g/mol. The number of nitrogens with two attached hydrogens (primary N) is 1. The van der Waals surface area contributed by atoms with E-state index in [4.69, 9.17) is 5.73 Å². The number of hydrogen-bond donors (Lipinski definition) is 7. The van der Waals surface area contributed by atoms with Crippen molar-refractivity contribution < 1.29 is 61.8 Å². The molecule has 0 aliphatic carbocycles. The van der Waals surface area contributed by atoms with Crippen LogP contribution in [0.25, 0.3) is 32.3 Å². The third-order valence-corrected chi connectivity index (χ3v) is 13.6. The van der Waals surface area contributed by atoms with E-state index in [0.29, 0.717) is 5.56 Å². The van der Waals surface area contributed by atoms with Gasteiger partial charge in [0.25, 0.3) is 46.4 Å². The Balaban J connectivity index is 1.19. The van der Waals surface area contributed by atoms with Gasteiger partial charge in [0.15, 0.2) is 5.75 Å². The first-order valence-electron chi connectivity index (χ1n) is 19.3. The molecule has 0 heterocycles. The predicted molar refractivity (Wildman–Crippen MR) is 251 cm³/mol. The summed E-state index contributed by atoms with van der Waals surface area (Å²) in [4.78, 5) is 10.1. The minimum absolute atomic E-state index is 0.00988. The van der Waals surface area contributed by atoms with Crippen molar-refractivity contribution in [3.8, 4) is 5.75 Å². The zero-order valence-electron chi connectivity index (χ0n) is 34.5. The molecule has 0 saturated carbocycles. The molecule has 0 unspecified atom stereocenters. The quantitative estimate of drug-likeness (QED) is 0.0340. The van der Waals surface area contributed by atoms with Crippen molar-refractivity contribution in [2.45, 2.75) is 19.6 Å². The van der Waals surface area contributed by atoms with E-state index in [9.17, 15) is 61.8 Å². The largest absolute Gasteiger partial charge is 0.505 e. The van der Waals surface area contributed by atoms with Gasteiger partial charge in [-0.15, -0.1) is 25.6 Å². The summed E-state index contributed by atoms with van der Waals surface area (Å²) >= 11 is 0. The number of benzene rings is 8. The van der Waals surface area contributed by atoms with Gasteiger partial charge in [0.2, 0.25) is 0 Å². The van der Waals surface area contributed by atoms with E-state index in [1.807, 2.05) is 0 Å². The summed E-state index contributed by atoms with van der Waals surface area (Å²) in [6, 6.07) is 28.9. The Morgan fingerprint density at radius 2 is 0.957 bits per heavy atom. The Labute approximate surface area is 390 Å². The summed E-state index contributed by atoms with van der Waals surface area (Å²) in [5.41, 5.74) is 5.16. The van der Waals surface area contributed by atoms with Crippen LogP contribution in [0.2, 0.25) is 0 Å². The summed E-state index contributed by atoms with van der Waals surface area (Å²) in [6.45, 7) is 0. The number of anilines is 2. The van der Waals surface area contributed by atoms with Crippen molar-refractivity contribution in [1.82, 2.24) is 0 Å². The van der Waals surface area contributed by atoms with E-state index in [2.05, 4.69) is 36.0 Å². The van der Waals surface area contributed by atoms with Crippen molar-refractivity contribution in [2.24, 2.45) is 30.7 Å². The molecule has 8 aromatic carbocycles. The molecule has 0 radical (unpaired) electrons. The molecular weight excluding hydrogens is 981 g/mol. The Kier molecular flexibility index (Phi) is 12.4. The van der Waals surface area contributed by atoms with Crippen LogP contribution in [0.4, 0.5) is 45.5 Å². The molecule has 350 valence electrons. The predicted octanol–water partition coefficient (Wildman–Crippen LogP) is 9.92. The first-order valence-corrected chi connectivity index (χ1v) is 25.1. The van der Waals surface area contributed by atoms with Crippen LogP contribution >= 0.6 is 0 Å². The number of phenolic OH excluding ortho intramolecular Hbond substituents is 1. The maximum absolute atomic E-state index is 12.8. The van der Waals surface area contributed by atoms with Crippen LogP contribution in [0.5, 0.6) is 5.75 Å². The summed E-state index contributed by atoms with van der Waals surface area (Å²) in [5, 5.41) is 39.3. The fraction of sp³-hybridized carbons (Fsp3) is 0. The molecule has 0 fully saturated rings. The molecule has 0 aliphatic heterocycles. The first-order chi connectivity index (χ1) is 32.5. The topological polar surface area (TPSA) is 367 Å². The number of hydrogen-bond acceptors (Lipinski definition) is 17. The Hall–Kier alpha value is -7.95. The number of azo groups is 3. The molecular formula is C43H30N8O14S4. The van der Waals surface area contributed by atoms with E-state index in [1.54, 1.807) is 30.3 Å². The molecule has 22 nitrogen and oxygen atoms in total. The maximum Gasteiger partial charge on any atom is 0.296 e. The maximum atomic E-state index is 12.8. The highest BCUT2D eigenvalue weighted by Crippen LogP contribution is 2.44. The van der Waals surface area contributed by atoms with E-state index < -0.39 is 77.4 Å². The first kappa shape index (κ1) is 47.5.